The van der Waals surface area contributed by atoms with Crippen molar-refractivity contribution in [1.82, 2.24) is 9.62 Å². The van der Waals surface area contributed by atoms with Crippen molar-refractivity contribution in [2.24, 2.45) is 11.8 Å². The number of fused-ring (bicyclic) bond motifs is 1. The van der Waals surface area contributed by atoms with E-state index in [0.717, 1.165) is 43.4 Å². The van der Waals surface area contributed by atoms with Crippen LogP contribution in [0.15, 0.2) is 53.4 Å². The molecule has 0 radical (unpaired) electrons. The van der Waals surface area contributed by atoms with E-state index in [4.69, 9.17) is 0 Å². The van der Waals surface area contributed by atoms with Gasteiger partial charge in [0, 0.05) is 26.2 Å². The van der Waals surface area contributed by atoms with Crippen LogP contribution in [0.5, 0.6) is 0 Å². The zero-order valence-corrected chi connectivity index (χ0v) is 21.3. The molecule has 2 atom stereocenters. The first kappa shape index (κ1) is 25.7. The molecule has 2 aromatic rings. The lowest BCUT2D eigenvalue weighted by atomic mass is 9.93. The number of aliphatic hydroxyl groups excluding tert-OH is 1. The monoisotopic (exact) mass is 499 g/mol. The number of anilines is 1. The van der Waals surface area contributed by atoms with Crippen molar-refractivity contribution < 1.29 is 18.3 Å². The fourth-order valence-electron chi connectivity index (χ4n) is 5.18. The Bertz CT molecular complexity index is 1100. The van der Waals surface area contributed by atoms with Gasteiger partial charge in [0.1, 0.15) is 10.9 Å². The van der Waals surface area contributed by atoms with Gasteiger partial charge in [0.15, 0.2) is 0 Å². The number of rotatable bonds is 9. The number of likely N-dealkylation sites (tertiary alicyclic amines) is 1. The molecule has 2 heterocycles. The molecule has 4 rings (SSSR count). The third-order valence-electron chi connectivity index (χ3n) is 7.22. The highest BCUT2D eigenvalue weighted by molar-refractivity contribution is 7.89. The number of amides is 1. The summed E-state index contributed by atoms with van der Waals surface area (Å²) in [4.78, 5) is 15.6. The molecule has 2 aliphatic rings. The zero-order chi connectivity index (χ0) is 24.8. The van der Waals surface area contributed by atoms with Crippen molar-refractivity contribution in [2.75, 3.05) is 31.6 Å². The summed E-state index contributed by atoms with van der Waals surface area (Å²) in [6, 6.07) is 14.3. The topological polar surface area (TPSA) is 98.7 Å². The van der Waals surface area contributed by atoms with Gasteiger partial charge in [-0.2, -0.15) is 4.72 Å². The summed E-state index contributed by atoms with van der Waals surface area (Å²) in [5, 5.41) is 12.5. The number of carbonyl (C=O) groups is 1. The van der Waals surface area contributed by atoms with Crippen LogP contribution >= 0.6 is 0 Å². The van der Waals surface area contributed by atoms with E-state index in [0.29, 0.717) is 43.5 Å². The predicted octanol–water partition coefficient (Wildman–Crippen LogP) is 3.19. The molecule has 2 aromatic carbocycles. The van der Waals surface area contributed by atoms with Crippen LogP contribution in [0.25, 0.3) is 0 Å². The second-order valence-electron chi connectivity index (χ2n) is 9.96. The SMILES string of the molecule is CC1CNc2c(cccc2S(=O)(=O)N[C@@H](CCc2ccccc2)C(=O)N2CCC(CCO)CC2)C1. The molecule has 1 saturated heterocycles. The molecular weight excluding hydrogens is 462 g/mol. The Morgan fingerprint density at radius 1 is 1.14 bits per heavy atom. The van der Waals surface area contributed by atoms with Gasteiger partial charge in [0.05, 0.1) is 5.69 Å². The maximum Gasteiger partial charge on any atom is 0.243 e. The second kappa shape index (κ2) is 11.5. The van der Waals surface area contributed by atoms with Gasteiger partial charge in [-0.1, -0.05) is 49.4 Å². The van der Waals surface area contributed by atoms with E-state index >= 15 is 0 Å². The van der Waals surface area contributed by atoms with Gasteiger partial charge in [-0.25, -0.2) is 8.42 Å². The van der Waals surface area contributed by atoms with Crippen molar-refractivity contribution in [3.63, 3.8) is 0 Å². The number of aryl methyl sites for hydroxylation is 1. The van der Waals surface area contributed by atoms with Gasteiger partial charge < -0.3 is 15.3 Å². The molecule has 1 unspecified atom stereocenters. The number of para-hydroxylation sites is 1. The van der Waals surface area contributed by atoms with E-state index in [1.54, 1.807) is 17.0 Å². The number of hydrogen-bond donors (Lipinski definition) is 3. The number of nitrogens with one attached hydrogen (secondary N) is 2. The maximum absolute atomic E-state index is 13.6. The highest BCUT2D eigenvalue weighted by atomic mass is 32.2. The van der Waals surface area contributed by atoms with E-state index < -0.39 is 16.1 Å². The van der Waals surface area contributed by atoms with Crippen molar-refractivity contribution in [1.29, 1.82) is 0 Å². The number of piperidine rings is 1. The zero-order valence-electron chi connectivity index (χ0n) is 20.4. The molecule has 3 N–H and O–H groups in total. The second-order valence-corrected chi connectivity index (χ2v) is 11.6. The molecular formula is C27H37N3O4S. The largest absolute Gasteiger partial charge is 0.396 e. The number of hydrogen-bond acceptors (Lipinski definition) is 5. The summed E-state index contributed by atoms with van der Waals surface area (Å²) in [6.07, 6.45) is 4.22. The summed E-state index contributed by atoms with van der Waals surface area (Å²) in [7, 11) is -3.92. The van der Waals surface area contributed by atoms with Gasteiger partial charge in [-0.3, -0.25) is 4.79 Å². The molecule has 0 saturated carbocycles. The van der Waals surface area contributed by atoms with Gasteiger partial charge in [0.2, 0.25) is 15.9 Å². The summed E-state index contributed by atoms with van der Waals surface area (Å²) in [5.41, 5.74) is 2.71. The van der Waals surface area contributed by atoms with Gasteiger partial charge in [-0.05, 0) is 67.6 Å². The third-order valence-corrected chi connectivity index (χ3v) is 8.74. The fraction of sp³-hybridized carbons (Fsp3) is 0.519. The molecule has 2 aliphatic heterocycles. The Morgan fingerprint density at radius 2 is 1.89 bits per heavy atom. The number of sulfonamides is 1. The van der Waals surface area contributed by atoms with Crippen LogP contribution in [0, 0.1) is 11.8 Å². The van der Waals surface area contributed by atoms with E-state index in [1.807, 2.05) is 36.4 Å². The lowest BCUT2D eigenvalue weighted by Crippen LogP contribution is -2.51. The van der Waals surface area contributed by atoms with E-state index in [2.05, 4.69) is 17.0 Å². The van der Waals surface area contributed by atoms with E-state index in [-0.39, 0.29) is 17.4 Å². The number of aliphatic hydroxyl groups is 1. The molecule has 8 heteroatoms. The Kier molecular flexibility index (Phi) is 8.46. The first-order valence-corrected chi connectivity index (χ1v) is 14.2. The smallest absolute Gasteiger partial charge is 0.243 e. The molecule has 1 amide bonds. The Balaban J connectivity index is 1.54. The minimum Gasteiger partial charge on any atom is -0.396 e. The van der Waals surface area contributed by atoms with Crippen LogP contribution in [-0.2, 0) is 27.7 Å². The van der Waals surface area contributed by atoms with Crippen LogP contribution in [0.2, 0.25) is 0 Å². The Morgan fingerprint density at radius 3 is 2.60 bits per heavy atom. The summed E-state index contributed by atoms with van der Waals surface area (Å²) < 4.78 is 29.9. The van der Waals surface area contributed by atoms with Crippen molar-refractivity contribution in [3.05, 3.63) is 59.7 Å². The molecule has 0 aromatic heterocycles. The molecule has 0 aliphatic carbocycles. The molecule has 7 nitrogen and oxygen atoms in total. The number of benzene rings is 2. The summed E-state index contributed by atoms with van der Waals surface area (Å²) >= 11 is 0. The average Bonchev–Trinajstić information content (AvgIpc) is 2.87. The quantitative estimate of drug-likeness (QED) is 0.492. The maximum atomic E-state index is 13.6. The van der Waals surface area contributed by atoms with Gasteiger partial charge >= 0.3 is 0 Å². The minimum atomic E-state index is -3.92. The van der Waals surface area contributed by atoms with Crippen molar-refractivity contribution in [3.8, 4) is 0 Å². The predicted molar refractivity (Wildman–Crippen MR) is 138 cm³/mol. The lowest BCUT2D eigenvalue weighted by molar-refractivity contribution is -0.134. The number of carbonyl (C=O) groups excluding carboxylic acids is 1. The van der Waals surface area contributed by atoms with Crippen molar-refractivity contribution >= 4 is 21.6 Å². The summed E-state index contributed by atoms with van der Waals surface area (Å²) in [6.45, 7) is 4.20. The minimum absolute atomic E-state index is 0.159. The van der Waals surface area contributed by atoms with Gasteiger partial charge in [-0.15, -0.1) is 0 Å². The van der Waals surface area contributed by atoms with Crippen LogP contribution < -0.4 is 10.0 Å². The van der Waals surface area contributed by atoms with Gasteiger partial charge in [0.25, 0.3) is 0 Å². The highest BCUT2D eigenvalue weighted by Crippen LogP contribution is 2.31. The Labute approximate surface area is 209 Å². The van der Waals surface area contributed by atoms with E-state index in [9.17, 15) is 18.3 Å². The lowest BCUT2D eigenvalue weighted by Gasteiger charge is -2.34. The fourth-order valence-corrected chi connectivity index (χ4v) is 6.63. The molecule has 1 fully saturated rings. The van der Waals surface area contributed by atoms with Crippen LogP contribution in [0.1, 0.15) is 43.7 Å². The highest BCUT2D eigenvalue weighted by Gasteiger charge is 2.33. The normalized spacial score (nSPS) is 19.6. The number of nitrogens with zero attached hydrogens (tertiary/aromatic N) is 1. The molecule has 0 bridgehead atoms. The summed E-state index contributed by atoms with van der Waals surface area (Å²) in [5.74, 6) is 0.675. The van der Waals surface area contributed by atoms with Crippen LogP contribution in [0.3, 0.4) is 0 Å². The van der Waals surface area contributed by atoms with Crippen LogP contribution in [-0.4, -0.2) is 56.6 Å². The molecule has 0 spiro atoms. The average molecular weight is 500 g/mol. The first-order valence-electron chi connectivity index (χ1n) is 12.7. The van der Waals surface area contributed by atoms with E-state index in [1.165, 1.54) is 0 Å². The third kappa shape index (κ3) is 6.42. The van der Waals surface area contributed by atoms with Crippen molar-refractivity contribution in [2.45, 2.75) is 56.4 Å². The first-order chi connectivity index (χ1) is 16.9. The molecule has 35 heavy (non-hydrogen) atoms. The Hall–Kier alpha value is -2.42. The van der Waals surface area contributed by atoms with Crippen LogP contribution in [0.4, 0.5) is 5.69 Å². The standard InChI is InChI=1S/C27H37N3O4S/c1-20-18-23-8-5-9-25(26(23)28-19-20)35(33,34)29-24(11-10-21-6-3-2-4-7-21)27(32)30-15-12-22(13-16-30)14-17-31/h2-9,20,22,24,28-29,31H,10-19H2,1H3/t20?,24-/m0/s1. The molecule has 190 valence electrons.